The van der Waals surface area contributed by atoms with Gasteiger partial charge in [0.1, 0.15) is 0 Å². The number of nitrogens with zero attached hydrogens (tertiary/aromatic N) is 3. The summed E-state index contributed by atoms with van der Waals surface area (Å²) in [5.74, 6) is 0.124. The van der Waals surface area contributed by atoms with E-state index in [0.29, 0.717) is 11.7 Å². The van der Waals surface area contributed by atoms with E-state index in [0.717, 1.165) is 24.0 Å². The molecule has 3 aromatic carbocycles. The number of hydrogen-bond acceptors (Lipinski definition) is 4. The van der Waals surface area contributed by atoms with Crippen LogP contribution in [0.25, 0.3) is 10.8 Å². The van der Waals surface area contributed by atoms with Crippen molar-refractivity contribution in [2.24, 2.45) is 10.2 Å². The van der Waals surface area contributed by atoms with Crippen LogP contribution in [-0.2, 0) is 11.3 Å². The van der Waals surface area contributed by atoms with Crippen LogP contribution in [-0.4, -0.2) is 27.4 Å². The second-order valence-electron chi connectivity index (χ2n) is 7.00. The second kappa shape index (κ2) is 9.05. The highest BCUT2D eigenvalue weighted by molar-refractivity contribution is 8.15. The van der Waals surface area contributed by atoms with Crippen molar-refractivity contribution in [3.05, 3.63) is 83.9 Å². The van der Waals surface area contributed by atoms with Gasteiger partial charge in [0.25, 0.3) is 0 Å². The number of carbonyl (C=O) groups is 1. The third kappa shape index (κ3) is 4.40. The highest BCUT2D eigenvalue weighted by Crippen LogP contribution is 2.32. The summed E-state index contributed by atoms with van der Waals surface area (Å²) in [5, 5.41) is 11.6. The average Bonchev–Trinajstić information content (AvgIpc) is 3.04. The molecule has 0 radical (unpaired) electrons. The van der Waals surface area contributed by atoms with Crippen LogP contribution < -0.4 is 0 Å². The zero-order chi connectivity index (χ0) is 20.1. The molecular weight excluding hydrogens is 378 g/mol. The molecule has 5 heteroatoms. The van der Waals surface area contributed by atoms with E-state index in [1.54, 1.807) is 11.1 Å². The zero-order valence-corrected chi connectivity index (χ0v) is 17.2. The molecule has 4 rings (SSSR count). The first-order valence-corrected chi connectivity index (χ1v) is 10.7. The highest BCUT2D eigenvalue weighted by Gasteiger charge is 2.37. The van der Waals surface area contributed by atoms with Gasteiger partial charge in [-0.1, -0.05) is 97.9 Å². The van der Waals surface area contributed by atoms with Gasteiger partial charge in [0.15, 0.2) is 5.17 Å². The first-order valence-electron chi connectivity index (χ1n) is 9.87. The summed E-state index contributed by atoms with van der Waals surface area (Å²) < 4.78 is 0. The summed E-state index contributed by atoms with van der Waals surface area (Å²) in [6.07, 6.45) is 3.53. The van der Waals surface area contributed by atoms with Gasteiger partial charge in [0.05, 0.1) is 18.0 Å². The molecule has 0 bridgehead atoms. The molecule has 1 aliphatic rings. The van der Waals surface area contributed by atoms with E-state index in [1.807, 2.05) is 48.5 Å². The zero-order valence-electron chi connectivity index (χ0n) is 16.4. The lowest BCUT2D eigenvalue weighted by Crippen LogP contribution is -2.31. The number of fused-ring (bicyclic) bond motifs is 1. The first kappa shape index (κ1) is 19.4. The second-order valence-corrected chi connectivity index (χ2v) is 8.17. The topological polar surface area (TPSA) is 45.0 Å². The molecule has 1 amide bonds. The SMILES string of the molecule is CCCC1S/C(=N\N=C\c2ccccc2)N(Cc2cccc3ccccc23)C1=O. The fraction of sp³-hybridized carbons (Fsp3) is 0.208. The number of amidine groups is 1. The van der Waals surface area contributed by atoms with E-state index in [1.165, 1.54) is 22.5 Å². The fourth-order valence-electron chi connectivity index (χ4n) is 3.46. The Hall–Kier alpha value is -2.92. The van der Waals surface area contributed by atoms with Crippen molar-refractivity contribution in [2.45, 2.75) is 31.6 Å². The Kier molecular flexibility index (Phi) is 6.06. The van der Waals surface area contributed by atoms with Crippen molar-refractivity contribution in [3.63, 3.8) is 0 Å². The predicted octanol–water partition coefficient (Wildman–Crippen LogP) is 5.47. The Balaban J connectivity index is 1.63. The van der Waals surface area contributed by atoms with E-state index in [9.17, 15) is 4.79 Å². The van der Waals surface area contributed by atoms with Crippen LogP contribution in [0.3, 0.4) is 0 Å². The van der Waals surface area contributed by atoms with E-state index < -0.39 is 0 Å². The number of thioether (sulfide) groups is 1. The van der Waals surface area contributed by atoms with Crippen LogP contribution in [0.5, 0.6) is 0 Å². The summed E-state index contributed by atoms with van der Waals surface area (Å²) in [7, 11) is 0. The normalized spacial score (nSPS) is 18.4. The van der Waals surface area contributed by atoms with Crippen LogP contribution in [0.1, 0.15) is 30.9 Å². The van der Waals surface area contributed by atoms with Crippen molar-refractivity contribution in [1.82, 2.24) is 4.90 Å². The Morgan fingerprint density at radius 3 is 2.59 bits per heavy atom. The molecule has 1 aliphatic heterocycles. The first-order chi connectivity index (χ1) is 14.3. The smallest absolute Gasteiger partial charge is 0.242 e. The van der Waals surface area contributed by atoms with Gasteiger partial charge < -0.3 is 0 Å². The molecule has 1 unspecified atom stereocenters. The number of rotatable bonds is 6. The molecule has 1 fully saturated rings. The van der Waals surface area contributed by atoms with Crippen LogP contribution in [0.4, 0.5) is 0 Å². The Morgan fingerprint density at radius 1 is 1.00 bits per heavy atom. The quantitative estimate of drug-likeness (QED) is 0.406. The molecule has 146 valence electrons. The number of carbonyl (C=O) groups excluding carboxylic acids is 1. The van der Waals surface area contributed by atoms with E-state index in [-0.39, 0.29) is 11.2 Å². The van der Waals surface area contributed by atoms with Gasteiger partial charge in [-0.2, -0.15) is 5.10 Å². The Bertz CT molecular complexity index is 1060. The van der Waals surface area contributed by atoms with Crippen molar-refractivity contribution in [3.8, 4) is 0 Å². The van der Waals surface area contributed by atoms with Crippen molar-refractivity contribution in [1.29, 1.82) is 0 Å². The van der Waals surface area contributed by atoms with Crippen molar-refractivity contribution >= 4 is 39.8 Å². The Labute approximate surface area is 175 Å². The predicted molar refractivity (Wildman–Crippen MR) is 122 cm³/mol. The average molecular weight is 402 g/mol. The van der Waals surface area contributed by atoms with Crippen molar-refractivity contribution in [2.75, 3.05) is 0 Å². The van der Waals surface area contributed by atoms with Crippen LogP contribution >= 0.6 is 11.8 Å². The molecule has 1 heterocycles. The van der Waals surface area contributed by atoms with E-state index in [4.69, 9.17) is 0 Å². The van der Waals surface area contributed by atoms with E-state index >= 15 is 0 Å². The molecule has 0 N–H and O–H groups in total. The number of hydrogen-bond donors (Lipinski definition) is 0. The lowest BCUT2D eigenvalue weighted by molar-refractivity contribution is -0.126. The Morgan fingerprint density at radius 2 is 1.76 bits per heavy atom. The van der Waals surface area contributed by atoms with Gasteiger partial charge in [0.2, 0.25) is 5.91 Å². The molecule has 29 heavy (non-hydrogen) atoms. The van der Waals surface area contributed by atoms with E-state index in [2.05, 4.69) is 41.4 Å². The third-order valence-corrected chi connectivity index (χ3v) is 6.16. The van der Waals surface area contributed by atoms with Gasteiger partial charge in [-0.05, 0) is 28.3 Å². The number of benzene rings is 3. The molecule has 0 aliphatic carbocycles. The van der Waals surface area contributed by atoms with Gasteiger partial charge in [-0.25, -0.2) is 0 Å². The molecule has 0 saturated carbocycles. The largest absolute Gasteiger partial charge is 0.284 e. The van der Waals surface area contributed by atoms with Gasteiger partial charge in [0, 0.05) is 0 Å². The summed E-state index contributed by atoms with van der Waals surface area (Å²) >= 11 is 1.52. The maximum atomic E-state index is 13.1. The molecular formula is C24H23N3OS. The standard InChI is InChI=1S/C24H23N3OS/c1-2-9-22-23(28)27(17-20-14-8-13-19-12-6-7-15-21(19)20)24(29-22)26-25-16-18-10-4-3-5-11-18/h3-8,10-16,22H,2,9,17H2,1H3/b25-16+,26-24-. The summed E-state index contributed by atoms with van der Waals surface area (Å²) in [4.78, 5) is 14.8. The summed E-state index contributed by atoms with van der Waals surface area (Å²) in [6, 6.07) is 24.3. The lowest BCUT2D eigenvalue weighted by Gasteiger charge is -2.17. The number of amides is 1. The van der Waals surface area contributed by atoms with Gasteiger partial charge >= 0.3 is 0 Å². The summed E-state index contributed by atoms with van der Waals surface area (Å²) in [5.41, 5.74) is 2.10. The highest BCUT2D eigenvalue weighted by atomic mass is 32.2. The lowest BCUT2D eigenvalue weighted by atomic mass is 10.0. The van der Waals surface area contributed by atoms with Gasteiger partial charge in [-0.15, -0.1) is 5.10 Å². The maximum absolute atomic E-state index is 13.1. The molecule has 3 aromatic rings. The summed E-state index contributed by atoms with van der Waals surface area (Å²) in [6.45, 7) is 2.61. The molecule has 1 saturated heterocycles. The van der Waals surface area contributed by atoms with Crippen LogP contribution in [0.15, 0.2) is 83.0 Å². The van der Waals surface area contributed by atoms with Gasteiger partial charge in [-0.3, -0.25) is 9.69 Å². The monoisotopic (exact) mass is 401 g/mol. The fourth-order valence-corrected chi connectivity index (χ4v) is 4.67. The van der Waals surface area contributed by atoms with Crippen LogP contribution in [0, 0.1) is 0 Å². The molecule has 4 nitrogen and oxygen atoms in total. The molecule has 0 spiro atoms. The minimum absolute atomic E-state index is 0.0827. The molecule has 1 atom stereocenters. The van der Waals surface area contributed by atoms with Crippen molar-refractivity contribution < 1.29 is 4.79 Å². The maximum Gasteiger partial charge on any atom is 0.242 e. The minimum atomic E-state index is -0.0827. The third-order valence-electron chi connectivity index (χ3n) is 4.93. The molecule has 0 aromatic heterocycles. The minimum Gasteiger partial charge on any atom is -0.284 e. The van der Waals surface area contributed by atoms with Crippen LogP contribution in [0.2, 0.25) is 0 Å².